The van der Waals surface area contributed by atoms with Crippen LogP contribution in [0.15, 0.2) is 54.6 Å². The Bertz CT molecular complexity index is 873. The van der Waals surface area contributed by atoms with Crippen molar-refractivity contribution in [2.45, 2.75) is 38.3 Å². The first-order valence-electron chi connectivity index (χ1n) is 10.5. The molecule has 2 heterocycles. The molecule has 0 N–H and O–H groups in total. The molecular weight excluding hydrogens is 364 g/mol. The first-order valence-corrected chi connectivity index (χ1v) is 10.5. The molecule has 0 saturated carbocycles. The van der Waals surface area contributed by atoms with E-state index in [4.69, 9.17) is 4.74 Å². The second-order valence-electron chi connectivity index (χ2n) is 7.88. The van der Waals surface area contributed by atoms with Crippen LogP contribution in [0.5, 0.6) is 0 Å². The number of benzene rings is 2. The summed E-state index contributed by atoms with van der Waals surface area (Å²) in [5.74, 6) is -1.24. The molecule has 0 atom stereocenters. The van der Waals surface area contributed by atoms with Gasteiger partial charge in [-0.15, -0.1) is 0 Å². The Morgan fingerprint density at radius 3 is 2.38 bits per heavy atom. The van der Waals surface area contributed by atoms with Crippen LogP contribution in [0.2, 0.25) is 0 Å². The van der Waals surface area contributed by atoms with Gasteiger partial charge in [0.2, 0.25) is 0 Å². The quantitative estimate of drug-likeness (QED) is 0.595. The van der Waals surface area contributed by atoms with Gasteiger partial charge in [-0.3, -0.25) is 9.69 Å². The van der Waals surface area contributed by atoms with Crippen molar-refractivity contribution in [3.05, 3.63) is 71.3 Å². The lowest BCUT2D eigenvalue weighted by Crippen LogP contribution is -2.59. The maximum absolute atomic E-state index is 13.0. The maximum atomic E-state index is 13.0. The predicted octanol–water partition coefficient (Wildman–Crippen LogP) is 3.13. The fourth-order valence-corrected chi connectivity index (χ4v) is 4.84. The Kier molecular flexibility index (Phi) is 5.67. The van der Waals surface area contributed by atoms with Crippen LogP contribution in [0.3, 0.4) is 0 Å². The smallest absolute Gasteiger partial charge is 0.397 e. The minimum atomic E-state index is -0.738. The van der Waals surface area contributed by atoms with Crippen molar-refractivity contribution in [1.82, 2.24) is 9.80 Å². The monoisotopic (exact) mass is 392 g/mol. The van der Waals surface area contributed by atoms with E-state index in [1.807, 2.05) is 12.1 Å². The first-order chi connectivity index (χ1) is 14.1. The maximum Gasteiger partial charge on any atom is 0.397 e. The molecule has 1 spiro atoms. The molecule has 2 aliphatic heterocycles. The molecule has 2 aliphatic rings. The number of hydrogen-bond donors (Lipinski definition) is 0. The van der Waals surface area contributed by atoms with Crippen molar-refractivity contribution in [3.63, 3.8) is 0 Å². The number of carbonyl (C=O) groups excluding carboxylic acids is 2. The van der Waals surface area contributed by atoms with E-state index in [9.17, 15) is 9.59 Å². The van der Waals surface area contributed by atoms with Gasteiger partial charge in [0, 0.05) is 26.2 Å². The molecule has 2 aromatic carbocycles. The third kappa shape index (κ3) is 3.79. The molecule has 1 amide bonds. The lowest BCUT2D eigenvalue weighted by atomic mass is 9.74. The van der Waals surface area contributed by atoms with Gasteiger partial charge in [-0.25, -0.2) is 4.79 Å². The van der Waals surface area contributed by atoms with E-state index in [1.54, 1.807) is 11.8 Å². The summed E-state index contributed by atoms with van der Waals surface area (Å²) in [5, 5.41) is 0. The molecule has 1 fully saturated rings. The van der Waals surface area contributed by atoms with Crippen LogP contribution in [0.4, 0.5) is 0 Å². The number of carbonyl (C=O) groups is 2. The number of ether oxygens (including phenoxy) is 1. The van der Waals surface area contributed by atoms with Crippen molar-refractivity contribution in [1.29, 1.82) is 0 Å². The Morgan fingerprint density at radius 1 is 0.966 bits per heavy atom. The molecule has 0 aliphatic carbocycles. The van der Waals surface area contributed by atoms with Gasteiger partial charge in [-0.2, -0.15) is 0 Å². The predicted molar refractivity (Wildman–Crippen MR) is 111 cm³/mol. The van der Waals surface area contributed by atoms with E-state index in [2.05, 4.69) is 47.4 Å². The van der Waals surface area contributed by atoms with Crippen LogP contribution in [0.25, 0.3) is 0 Å². The summed E-state index contributed by atoms with van der Waals surface area (Å²) >= 11 is 0. The van der Waals surface area contributed by atoms with E-state index in [0.29, 0.717) is 6.54 Å². The highest BCUT2D eigenvalue weighted by Crippen LogP contribution is 2.43. The fraction of sp³-hybridized carbons (Fsp3) is 0.417. The van der Waals surface area contributed by atoms with Crippen LogP contribution in [-0.2, 0) is 32.8 Å². The van der Waals surface area contributed by atoms with Gasteiger partial charge in [-0.1, -0.05) is 54.6 Å². The van der Waals surface area contributed by atoms with Gasteiger partial charge in [-0.05, 0) is 42.9 Å². The minimum absolute atomic E-state index is 0.215. The average molecular weight is 392 g/mol. The molecule has 0 aromatic heterocycles. The van der Waals surface area contributed by atoms with Crippen LogP contribution >= 0.6 is 0 Å². The van der Waals surface area contributed by atoms with E-state index in [-0.39, 0.29) is 6.61 Å². The number of rotatable bonds is 3. The largest absolute Gasteiger partial charge is 0.459 e. The van der Waals surface area contributed by atoms with Crippen LogP contribution in [0, 0.1) is 0 Å². The summed E-state index contributed by atoms with van der Waals surface area (Å²) in [5.41, 5.74) is 3.36. The van der Waals surface area contributed by atoms with Gasteiger partial charge in [0.25, 0.3) is 0 Å². The molecule has 0 radical (unpaired) electrons. The summed E-state index contributed by atoms with van der Waals surface area (Å²) < 4.78 is 5.04. The van der Waals surface area contributed by atoms with Gasteiger partial charge >= 0.3 is 11.9 Å². The van der Waals surface area contributed by atoms with Crippen molar-refractivity contribution in [3.8, 4) is 0 Å². The summed E-state index contributed by atoms with van der Waals surface area (Å²) in [4.78, 5) is 29.5. The van der Waals surface area contributed by atoms with Gasteiger partial charge < -0.3 is 9.64 Å². The number of piperidine rings is 1. The summed E-state index contributed by atoms with van der Waals surface area (Å²) in [6, 6.07) is 18.8. The zero-order valence-electron chi connectivity index (χ0n) is 17.0. The SMILES string of the molecule is CCOC(=O)C(=O)N1CCc2ccccc2C12CCN(Cc1ccccc1)CC2. The van der Waals surface area contributed by atoms with Crippen molar-refractivity contribution < 1.29 is 14.3 Å². The second kappa shape index (κ2) is 8.37. The summed E-state index contributed by atoms with van der Waals surface area (Å²) in [7, 11) is 0. The van der Waals surface area contributed by atoms with E-state index in [0.717, 1.165) is 38.9 Å². The number of esters is 1. The Labute approximate surface area is 172 Å². The highest BCUT2D eigenvalue weighted by atomic mass is 16.5. The van der Waals surface area contributed by atoms with Gasteiger partial charge in [0.05, 0.1) is 12.1 Å². The third-order valence-corrected chi connectivity index (χ3v) is 6.27. The fourth-order valence-electron chi connectivity index (χ4n) is 4.84. The highest BCUT2D eigenvalue weighted by molar-refractivity contribution is 6.32. The van der Waals surface area contributed by atoms with E-state index < -0.39 is 17.4 Å². The lowest BCUT2D eigenvalue weighted by Gasteiger charge is -2.52. The second-order valence-corrected chi connectivity index (χ2v) is 7.88. The number of amides is 1. The van der Waals surface area contributed by atoms with Crippen molar-refractivity contribution in [2.24, 2.45) is 0 Å². The first kappa shape index (κ1) is 19.6. The molecule has 2 aromatic rings. The van der Waals surface area contributed by atoms with E-state index in [1.165, 1.54) is 16.7 Å². The lowest BCUT2D eigenvalue weighted by molar-refractivity contribution is -0.165. The zero-order chi connectivity index (χ0) is 20.3. The third-order valence-electron chi connectivity index (χ3n) is 6.27. The van der Waals surface area contributed by atoms with Crippen LogP contribution in [-0.4, -0.2) is 47.9 Å². The summed E-state index contributed by atoms with van der Waals surface area (Å²) in [6.45, 7) is 5.19. The zero-order valence-corrected chi connectivity index (χ0v) is 17.0. The minimum Gasteiger partial charge on any atom is -0.459 e. The van der Waals surface area contributed by atoms with Crippen LogP contribution in [0.1, 0.15) is 36.5 Å². The van der Waals surface area contributed by atoms with Crippen molar-refractivity contribution >= 4 is 11.9 Å². The van der Waals surface area contributed by atoms with Gasteiger partial charge in [0.1, 0.15) is 0 Å². The number of fused-ring (bicyclic) bond motifs is 2. The standard InChI is InChI=1S/C24H28N2O3/c1-2-29-23(28)22(27)26-15-12-20-10-6-7-11-21(20)24(26)13-16-25(17-14-24)18-19-8-4-3-5-9-19/h3-11H,2,12-18H2,1H3. The highest BCUT2D eigenvalue weighted by Gasteiger charge is 2.48. The number of likely N-dealkylation sites (tertiary alicyclic amines) is 1. The normalized spacial score (nSPS) is 18.3. The number of nitrogens with zero attached hydrogens (tertiary/aromatic N) is 2. The average Bonchev–Trinajstić information content (AvgIpc) is 2.76. The molecule has 5 nitrogen and oxygen atoms in total. The topological polar surface area (TPSA) is 49.9 Å². The molecule has 29 heavy (non-hydrogen) atoms. The summed E-state index contributed by atoms with van der Waals surface area (Å²) in [6.07, 6.45) is 2.42. The number of hydrogen-bond acceptors (Lipinski definition) is 4. The molecule has 152 valence electrons. The Morgan fingerprint density at radius 2 is 1.66 bits per heavy atom. The molecule has 1 saturated heterocycles. The Hall–Kier alpha value is -2.66. The van der Waals surface area contributed by atoms with Crippen molar-refractivity contribution in [2.75, 3.05) is 26.2 Å². The van der Waals surface area contributed by atoms with Crippen LogP contribution < -0.4 is 0 Å². The molecule has 5 heteroatoms. The molecule has 0 bridgehead atoms. The Balaban J connectivity index is 1.59. The molecule has 4 rings (SSSR count). The molecule has 0 unspecified atom stereocenters. The molecular formula is C24H28N2O3. The van der Waals surface area contributed by atoms with Gasteiger partial charge in [0.15, 0.2) is 0 Å². The van der Waals surface area contributed by atoms with E-state index >= 15 is 0 Å².